The first-order chi connectivity index (χ1) is 15.5. The Balaban J connectivity index is 1.58. The van der Waals surface area contributed by atoms with E-state index in [1.807, 2.05) is 30.3 Å². The van der Waals surface area contributed by atoms with E-state index < -0.39 is 5.97 Å². The topological polar surface area (TPSA) is 109 Å². The van der Waals surface area contributed by atoms with Crippen LogP contribution in [0.15, 0.2) is 66.7 Å². The van der Waals surface area contributed by atoms with Crippen molar-refractivity contribution in [1.82, 2.24) is 5.32 Å². The van der Waals surface area contributed by atoms with Crippen LogP contribution >= 0.6 is 0 Å². The Bertz CT molecular complexity index is 1150. The molecule has 3 aromatic carbocycles. The number of nitriles is 1. The molecule has 0 aliphatic heterocycles. The molecule has 2 N–H and O–H groups in total. The van der Waals surface area contributed by atoms with Crippen molar-refractivity contribution in [2.75, 3.05) is 13.7 Å². The molecule has 1 amide bonds. The van der Waals surface area contributed by atoms with Gasteiger partial charge in [0.15, 0.2) is 0 Å². The van der Waals surface area contributed by atoms with Gasteiger partial charge in [0, 0.05) is 12.1 Å². The number of carbonyl (C=O) groups excluding carboxylic acids is 1. The van der Waals surface area contributed by atoms with Crippen LogP contribution in [-0.2, 0) is 17.6 Å². The number of ether oxygens (including phenoxy) is 2. The molecule has 7 heteroatoms. The summed E-state index contributed by atoms with van der Waals surface area (Å²) in [6, 6.07) is 20.9. The van der Waals surface area contributed by atoms with Crippen molar-refractivity contribution in [3.8, 4) is 23.3 Å². The first kappa shape index (κ1) is 22.4. The Labute approximate surface area is 185 Å². The van der Waals surface area contributed by atoms with Crippen LogP contribution in [0.2, 0.25) is 0 Å². The van der Waals surface area contributed by atoms with Gasteiger partial charge < -0.3 is 19.9 Å². The van der Waals surface area contributed by atoms with Crippen LogP contribution in [0.4, 0.5) is 0 Å². The number of aliphatic carboxylic acids is 1. The number of nitrogens with one attached hydrogen (secondary N) is 1. The van der Waals surface area contributed by atoms with Crippen molar-refractivity contribution in [2.24, 2.45) is 0 Å². The average Bonchev–Trinajstić information content (AvgIpc) is 2.80. The zero-order valence-corrected chi connectivity index (χ0v) is 17.5. The van der Waals surface area contributed by atoms with Crippen LogP contribution in [0.25, 0.3) is 0 Å². The van der Waals surface area contributed by atoms with Crippen LogP contribution < -0.4 is 14.8 Å². The number of benzene rings is 3. The molecule has 0 spiro atoms. The number of carboxylic acids is 1. The van der Waals surface area contributed by atoms with Gasteiger partial charge in [-0.1, -0.05) is 18.2 Å². The second-order valence-corrected chi connectivity index (χ2v) is 7.00. The number of methoxy groups -OCH3 is 1. The van der Waals surface area contributed by atoms with Crippen molar-refractivity contribution in [3.05, 3.63) is 89.0 Å². The Morgan fingerprint density at radius 3 is 2.47 bits per heavy atom. The summed E-state index contributed by atoms with van der Waals surface area (Å²) in [5.74, 6) is 0.383. The maximum atomic E-state index is 12.4. The van der Waals surface area contributed by atoms with Crippen molar-refractivity contribution >= 4 is 11.9 Å². The third-order valence-corrected chi connectivity index (χ3v) is 4.70. The van der Waals surface area contributed by atoms with Gasteiger partial charge in [-0.25, -0.2) is 0 Å². The molecule has 0 aliphatic carbocycles. The van der Waals surface area contributed by atoms with Gasteiger partial charge in [0.1, 0.15) is 23.3 Å². The molecule has 3 rings (SSSR count). The highest BCUT2D eigenvalue weighted by molar-refractivity contribution is 5.94. The fourth-order valence-electron chi connectivity index (χ4n) is 3.09. The molecule has 32 heavy (non-hydrogen) atoms. The minimum Gasteiger partial charge on any atom is -0.497 e. The Hall–Kier alpha value is -4.31. The van der Waals surface area contributed by atoms with Crippen LogP contribution in [0, 0.1) is 11.3 Å². The van der Waals surface area contributed by atoms with E-state index in [0.29, 0.717) is 35.6 Å². The number of carboxylic acid groups (broad SMARTS) is 1. The number of hydrogen-bond acceptors (Lipinski definition) is 5. The molecule has 0 unspecified atom stereocenters. The SMILES string of the molecule is COc1cccc(CCNC(=O)c2ccc(Oc3ccc(CC(=O)O)cc3C#N)cc2)c1. The quantitative estimate of drug-likeness (QED) is 0.532. The molecule has 0 saturated carbocycles. The number of rotatable bonds is 9. The summed E-state index contributed by atoms with van der Waals surface area (Å²) >= 11 is 0. The zero-order chi connectivity index (χ0) is 22.9. The molecule has 0 heterocycles. The van der Waals surface area contributed by atoms with Crippen molar-refractivity contribution in [2.45, 2.75) is 12.8 Å². The highest BCUT2D eigenvalue weighted by Gasteiger charge is 2.10. The number of amides is 1. The molecular weight excluding hydrogens is 408 g/mol. The first-order valence-corrected chi connectivity index (χ1v) is 9.92. The van der Waals surface area contributed by atoms with Crippen molar-refractivity contribution < 1.29 is 24.2 Å². The zero-order valence-electron chi connectivity index (χ0n) is 17.5. The van der Waals surface area contributed by atoms with E-state index in [9.17, 15) is 14.9 Å². The molecule has 7 nitrogen and oxygen atoms in total. The summed E-state index contributed by atoms with van der Waals surface area (Å²) in [5.41, 5.74) is 2.31. The molecular formula is C25H22N2O5. The van der Waals surface area contributed by atoms with E-state index >= 15 is 0 Å². The molecule has 0 radical (unpaired) electrons. The smallest absolute Gasteiger partial charge is 0.307 e. The summed E-state index contributed by atoms with van der Waals surface area (Å²) in [7, 11) is 1.61. The van der Waals surface area contributed by atoms with E-state index in [4.69, 9.17) is 14.6 Å². The molecule has 0 saturated heterocycles. The fraction of sp³-hybridized carbons (Fsp3) is 0.160. The van der Waals surface area contributed by atoms with Gasteiger partial charge in [-0.05, 0) is 66.1 Å². The molecule has 0 atom stereocenters. The van der Waals surface area contributed by atoms with Gasteiger partial charge in [0.05, 0.1) is 19.1 Å². The number of carbonyl (C=O) groups is 2. The number of hydrogen-bond donors (Lipinski definition) is 2. The molecule has 0 aromatic heterocycles. The maximum Gasteiger partial charge on any atom is 0.307 e. The van der Waals surface area contributed by atoms with E-state index in [-0.39, 0.29) is 17.9 Å². The van der Waals surface area contributed by atoms with Crippen molar-refractivity contribution in [1.29, 1.82) is 5.26 Å². The molecule has 0 fully saturated rings. The van der Waals surface area contributed by atoms with Gasteiger partial charge in [0.2, 0.25) is 0 Å². The lowest BCUT2D eigenvalue weighted by Crippen LogP contribution is -2.25. The maximum absolute atomic E-state index is 12.4. The number of nitrogens with zero attached hydrogens (tertiary/aromatic N) is 1. The Morgan fingerprint density at radius 1 is 1.00 bits per heavy atom. The van der Waals surface area contributed by atoms with E-state index in [1.165, 1.54) is 6.07 Å². The summed E-state index contributed by atoms with van der Waals surface area (Å²) in [4.78, 5) is 23.2. The summed E-state index contributed by atoms with van der Waals surface area (Å²) in [5, 5.41) is 21.1. The van der Waals surface area contributed by atoms with Gasteiger partial charge in [-0.2, -0.15) is 5.26 Å². The molecule has 162 valence electrons. The predicted molar refractivity (Wildman–Crippen MR) is 118 cm³/mol. The molecule has 0 bridgehead atoms. The second kappa shape index (κ2) is 10.6. The fourth-order valence-corrected chi connectivity index (χ4v) is 3.09. The predicted octanol–water partition coefficient (Wildman–Crippen LogP) is 3.96. The largest absolute Gasteiger partial charge is 0.497 e. The third-order valence-electron chi connectivity index (χ3n) is 4.70. The molecule has 3 aromatic rings. The van der Waals surface area contributed by atoms with E-state index in [2.05, 4.69) is 5.32 Å². The van der Waals surface area contributed by atoms with Gasteiger partial charge in [-0.15, -0.1) is 0 Å². The highest BCUT2D eigenvalue weighted by Crippen LogP contribution is 2.26. The van der Waals surface area contributed by atoms with Crippen LogP contribution in [0.5, 0.6) is 17.2 Å². The van der Waals surface area contributed by atoms with Gasteiger partial charge >= 0.3 is 5.97 Å². The summed E-state index contributed by atoms with van der Waals surface area (Å²) in [6.07, 6.45) is 0.509. The van der Waals surface area contributed by atoms with Crippen molar-refractivity contribution in [3.63, 3.8) is 0 Å². The third kappa shape index (κ3) is 6.09. The lowest BCUT2D eigenvalue weighted by Gasteiger charge is -2.10. The standard InChI is InChI=1S/C25H22N2O5/c1-31-22-4-2-3-17(14-22)11-12-27-25(30)19-6-8-21(9-7-19)32-23-10-5-18(15-24(28)29)13-20(23)16-26/h2-10,13-14H,11-12,15H2,1H3,(H,27,30)(H,28,29). The van der Waals surface area contributed by atoms with Gasteiger partial charge in [0.25, 0.3) is 5.91 Å². The van der Waals surface area contributed by atoms with Crippen LogP contribution in [0.3, 0.4) is 0 Å². The second-order valence-electron chi connectivity index (χ2n) is 7.00. The van der Waals surface area contributed by atoms with E-state index in [0.717, 1.165) is 11.3 Å². The van der Waals surface area contributed by atoms with Crippen LogP contribution in [-0.4, -0.2) is 30.6 Å². The Kier molecular flexibility index (Phi) is 7.44. The Morgan fingerprint density at radius 2 is 1.78 bits per heavy atom. The highest BCUT2D eigenvalue weighted by atomic mass is 16.5. The summed E-state index contributed by atoms with van der Waals surface area (Å²) in [6.45, 7) is 0.485. The average molecular weight is 430 g/mol. The lowest BCUT2D eigenvalue weighted by atomic mass is 10.1. The van der Waals surface area contributed by atoms with Gasteiger partial charge in [-0.3, -0.25) is 9.59 Å². The lowest BCUT2D eigenvalue weighted by molar-refractivity contribution is -0.136. The van der Waals surface area contributed by atoms with E-state index in [1.54, 1.807) is 43.5 Å². The minimum atomic E-state index is -0.972. The normalized spacial score (nSPS) is 10.1. The van der Waals surface area contributed by atoms with Crippen LogP contribution in [0.1, 0.15) is 27.0 Å². The monoisotopic (exact) mass is 430 g/mol. The summed E-state index contributed by atoms with van der Waals surface area (Å²) < 4.78 is 10.9. The molecule has 0 aliphatic rings. The minimum absolute atomic E-state index is 0.170. The first-order valence-electron chi connectivity index (χ1n) is 9.92.